The van der Waals surface area contributed by atoms with Crippen molar-refractivity contribution >= 4 is 29.1 Å². The van der Waals surface area contributed by atoms with Crippen LogP contribution in [0.5, 0.6) is 0 Å². The van der Waals surface area contributed by atoms with Crippen LogP contribution in [0.15, 0.2) is 17.1 Å². The van der Waals surface area contributed by atoms with E-state index >= 15 is 0 Å². The molecule has 7 nitrogen and oxygen atoms in total. The topological polar surface area (TPSA) is 86.7 Å². The first kappa shape index (κ1) is 22.0. The number of carbonyl (C=O) groups excluding carboxylic acids is 2. The number of guanidine groups is 1. The normalized spacial score (nSPS) is 26.8. The second-order valence-corrected chi connectivity index (χ2v) is 9.87. The van der Waals surface area contributed by atoms with Gasteiger partial charge in [0.25, 0.3) is 0 Å². The van der Waals surface area contributed by atoms with Crippen LogP contribution in [0.25, 0.3) is 0 Å². The maximum absolute atomic E-state index is 12.7. The number of thiazole rings is 1. The zero-order valence-electron chi connectivity index (χ0n) is 18.7. The molecule has 1 aromatic rings. The molecule has 0 aromatic carbocycles. The third-order valence-electron chi connectivity index (χ3n) is 6.62. The van der Waals surface area contributed by atoms with Gasteiger partial charge in [0.05, 0.1) is 22.5 Å². The molecule has 8 heteroatoms. The minimum absolute atomic E-state index is 0.0334. The zero-order valence-corrected chi connectivity index (χ0v) is 19.5. The predicted molar refractivity (Wildman–Crippen MR) is 123 cm³/mol. The number of aliphatic imine (C=N–C) groups is 1. The number of carbonyl (C=O) groups is 2. The number of nitrogens with zero attached hydrogens (tertiary/aromatic N) is 3. The van der Waals surface area contributed by atoms with Crippen LogP contribution in [0, 0.1) is 30.6 Å². The Hall–Kier alpha value is -2.22. The molecule has 0 spiro atoms. The lowest BCUT2D eigenvalue weighted by atomic mass is 9.85. The number of rotatable bonds is 9. The maximum Gasteiger partial charge on any atom is 0.233 e. The molecular formula is C23H33N5O2S. The highest BCUT2D eigenvalue weighted by Crippen LogP contribution is 2.52. The summed E-state index contributed by atoms with van der Waals surface area (Å²) in [4.78, 5) is 37.6. The second-order valence-electron chi connectivity index (χ2n) is 8.58. The molecule has 31 heavy (non-hydrogen) atoms. The second kappa shape index (κ2) is 9.51. The van der Waals surface area contributed by atoms with Crippen LogP contribution in [0.2, 0.25) is 0 Å². The van der Waals surface area contributed by atoms with Gasteiger partial charge in [0.15, 0.2) is 5.96 Å². The molecule has 4 unspecified atom stereocenters. The lowest BCUT2D eigenvalue weighted by Gasteiger charge is -2.16. The van der Waals surface area contributed by atoms with E-state index in [0.717, 1.165) is 43.3 Å². The Morgan fingerprint density at radius 2 is 1.90 bits per heavy atom. The first-order valence-corrected chi connectivity index (χ1v) is 12.4. The monoisotopic (exact) mass is 443 g/mol. The van der Waals surface area contributed by atoms with Crippen molar-refractivity contribution in [1.82, 2.24) is 20.5 Å². The van der Waals surface area contributed by atoms with E-state index in [2.05, 4.69) is 46.6 Å². The van der Waals surface area contributed by atoms with Crippen LogP contribution in [-0.2, 0) is 22.4 Å². The molecular weight excluding hydrogens is 410 g/mol. The van der Waals surface area contributed by atoms with E-state index in [4.69, 9.17) is 0 Å². The number of likely N-dealkylation sites (tertiary alicyclic amines) is 1. The van der Waals surface area contributed by atoms with Gasteiger partial charge in [-0.05, 0) is 44.9 Å². The number of hydrogen-bond donors (Lipinski definition) is 2. The van der Waals surface area contributed by atoms with Gasteiger partial charge in [-0.25, -0.2) is 4.98 Å². The van der Waals surface area contributed by atoms with Crippen LogP contribution < -0.4 is 10.6 Å². The Labute approximate surface area is 188 Å². The number of aromatic nitrogens is 1. The molecule has 168 valence electrons. The van der Waals surface area contributed by atoms with Crippen LogP contribution in [-0.4, -0.2) is 53.8 Å². The Bertz CT molecular complexity index is 863. The minimum atomic E-state index is -0.104. The van der Waals surface area contributed by atoms with E-state index in [9.17, 15) is 9.59 Å². The highest BCUT2D eigenvalue weighted by Gasteiger charge is 2.58. The van der Waals surface area contributed by atoms with Crippen molar-refractivity contribution in [2.45, 2.75) is 46.5 Å². The van der Waals surface area contributed by atoms with Gasteiger partial charge in [0.2, 0.25) is 11.8 Å². The molecule has 1 saturated carbocycles. The average molecular weight is 444 g/mol. The van der Waals surface area contributed by atoms with E-state index < -0.39 is 0 Å². The van der Waals surface area contributed by atoms with Crippen LogP contribution in [0.1, 0.15) is 42.3 Å². The van der Waals surface area contributed by atoms with Crippen molar-refractivity contribution < 1.29 is 9.59 Å². The molecule has 2 amide bonds. The number of nitrogens with one attached hydrogen (secondary N) is 2. The first-order valence-electron chi connectivity index (χ1n) is 11.5. The van der Waals surface area contributed by atoms with Crippen molar-refractivity contribution in [3.05, 3.63) is 27.7 Å². The van der Waals surface area contributed by atoms with Crippen molar-refractivity contribution in [1.29, 1.82) is 0 Å². The van der Waals surface area contributed by atoms with Crippen molar-refractivity contribution in [2.24, 2.45) is 28.7 Å². The number of amides is 2. The number of allylic oxidation sites excluding steroid dienone is 2. The van der Waals surface area contributed by atoms with Crippen LogP contribution >= 0.6 is 11.3 Å². The smallest absolute Gasteiger partial charge is 0.233 e. The molecule has 2 fully saturated rings. The van der Waals surface area contributed by atoms with E-state index in [-0.39, 0.29) is 35.5 Å². The average Bonchev–Trinajstić information content (AvgIpc) is 3.50. The van der Waals surface area contributed by atoms with E-state index in [1.807, 2.05) is 6.92 Å². The van der Waals surface area contributed by atoms with Crippen molar-refractivity contribution in [2.75, 3.05) is 26.2 Å². The molecule has 2 N–H and O–H groups in total. The summed E-state index contributed by atoms with van der Waals surface area (Å²) in [5.74, 6) is 1.17. The Kier molecular flexibility index (Phi) is 6.74. The zero-order chi connectivity index (χ0) is 22.0. The number of fused-ring (bicyclic) bond motifs is 5. The predicted octanol–water partition coefficient (Wildman–Crippen LogP) is 2.31. The van der Waals surface area contributed by atoms with Gasteiger partial charge in [0, 0.05) is 37.5 Å². The van der Waals surface area contributed by atoms with Gasteiger partial charge in [-0.15, -0.1) is 11.3 Å². The molecule has 2 aliphatic carbocycles. The highest BCUT2D eigenvalue weighted by atomic mass is 32.1. The van der Waals surface area contributed by atoms with Crippen molar-refractivity contribution in [3.8, 4) is 0 Å². The lowest BCUT2D eigenvalue weighted by molar-refractivity contribution is -0.140. The number of aryl methyl sites for hydroxylation is 2. The summed E-state index contributed by atoms with van der Waals surface area (Å²) in [5, 5.41) is 7.78. The SMILES string of the molecule is CCNC(=NCCCN1C(=O)C2C3C=CC(C3)C2C1=O)NCCc1nc(CC)c(C)s1. The molecule has 0 radical (unpaired) electrons. The summed E-state index contributed by atoms with van der Waals surface area (Å²) >= 11 is 1.77. The molecule has 1 saturated heterocycles. The standard InChI is InChI=1S/C23H33N5O2S/c1-4-17-14(3)31-18(27-17)9-11-26-23(24-5-2)25-10-6-12-28-21(29)19-15-7-8-16(13-15)20(19)22(28)30/h7-8,15-16,19-20H,4-6,9-13H2,1-3H3,(H2,24,25,26). The first-order chi connectivity index (χ1) is 15.0. The summed E-state index contributed by atoms with van der Waals surface area (Å²) in [6.45, 7) is 8.89. The summed E-state index contributed by atoms with van der Waals surface area (Å²) in [6.07, 6.45) is 7.77. The maximum atomic E-state index is 12.7. The quantitative estimate of drug-likeness (QED) is 0.201. The Balaban J connectivity index is 1.23. The fraction of sp³-hybridized carbons (Fsp3) is 0.652. The van der Waals surface area contributed by atoms with Crippen LogP contribution in [0.3, 0.4) is 0 Å². The van der Waals surface area contributed by atoms with E-state index in [1.54, 1.807) is 11.3 Å². The number of hydrogen-bond acceptors (Lipinski definition) is 5. The third-order valence-corrected chi connectivity index (χ3v) is 7.69. The van der Waals surface area contributed by atoms with E-state index in [1.165, 1.54) is 15.5 Å². The highest BCUT2D eigenvalue weighted by molar-refractivity contribution is 7.11. The fourth-order valence-corrected chi connectivity index (χ4v) is 6.18. The molecule has 4 rings (SSSR count). The summed E-state index contributed by atoms with van der Waals surface area (Å²) in [5.41, 5.74) is 1.19. The van der Waals surface area contributed by atoms with E-state index in [0.29, 0.717) is 19.5 Å². The Morgan fingerprint density at radius 1 is 1.19 bits per heavy atom. The van der Waals surface area contributed by atoms with Gasteiger partial charge in [-0.3, -0.25) is 19.5 Å². The Morgan fingerprint density at radius 3 is 2.52 bits per heavy atom. The molecule has 3 aliphatic rings. The lowest BCUT2D eigenvalue weighted by Crippen LogP contribution is -2.38. The summed E-state index contributed by atoms with van der Waals surface area (Å²) < 4.78 is 0. The van der Waals surface area contributed by atoms with Crippen molar-refractivity contribution in [3.63, 3.8) is 0 Å². The minimum Gasteiger partial charge on any atom is -0.357 e. The largest absolute Gasteiger partial charge is 0.357 e. The van der Waals surface area contributed by atoms with Gasteiger partial charge < -0.3 is 10.6 Å². The van der Waals surface area contributed by atoms with Gasteiger partial charge in [-0.2, -0.15) is 0 Å². The van der Waals surface area contributed by atoms with Crippen LogP contribution in [0.4, 0.5) is 0 Å². The summed E-state index contributed by atoms with van der Waals surface area (Å²) in [7, 11) is 0. The van der Waals surface area contributed by atoms with Gasteiger partial charge >= 0.3 is 0 Å². The third kappa shape index (κ3) is 4.40. The summed E-state index contributed by atoms with van der Waals surface area (Å²) in [6, 6.07) is 0. The molecule has 1 aliphatic heterocycles. The number of imide groups is 1. The van der Waals surface area contributed by atoms with Gasteiger partial charge in [0.1, 0.15) is 0 Å². The molecule has 2 heterocycles. The molecule has 4 atom stereocenters. The molecule has 2 bridgehead atoms. The fourth-order valence-electron chi connectivity index (χ4n) is 5.16. The molecule has 1 aromatic heterocycles. The van der Waals surface area contributed by atoms with Gasteiger partial charge in [-0.1, -0.05) is 19.1 Å².